The third kappa shape index (κ3) is 3.23. The summed E-state index contributed by atoms with van der Waals surface area (Å²) < 4.78 is 0. The largest absolute Gasteiger partial charge is 0.352 e. The van der Waals surface area contributed by atoms with Crippen molar-refractivity contribution in [3.05, 3.63) is 0 Å². The van der Waals surface area contributed by atoms with E-state index in [1.807, 2.05) is 0 Å². The molecule has 2 N–H and O–H groups in total. The van der Waals surface area contributed by atoms with Gasteiger partial charge in [-0.2, -0.15) is 0 Å². The molecule has 102 valence electrons. The maximum atomic E-state index is 11.9. The average Bonchev–Trinajstić information content (AvgIpc) is 2.90. The van der Waals surface area contributed by atoms with Crippen LogP contribution in [0.1, 0.15) is 44.9 Å². The third-order valence-corrected chi connectivity index (χ3v) is 4.53. The van der Waals surface area contributed by atoms with Gasteiger partial charge >= 0.3 is 0 Å². The number of carbonyl (C=O) groups excluding carboxylic acids is 1. The van der Waals surface area contributed by atoms with Crippen LogP contribution >= 0.6 is 0 Å². The van der Waals surface area contributed by atoms with Crippen LogP contribution in [0.4, 0.5) is 0 Å². The van der Waals surface area contributed by atoms with E-state index >= 15 is 0 Å². The first-order chi connectivity index (χ1) is 8.81. The van der Waals surface area contributed by atoms with Crippen molar-refractivity contribution >= 4 is 5.91 Å². The van der Waals surface area contributed by atoms with Gasteiger partial charge in [0.25, 0.3) is 0 Å². The Labute approximate surface area is 109 Å². The Bertz CT molecular complexity index is 297. The van der Waals surface area contributed by atoms with Crippen LogP contribution in [-0.2, 0) is 4.79 Å². The molecule has 2 heterocycles. The molecule has 2 unspecified atom stereocenters. The van der Waals surface area contributed by atoms with Crippen molar-refractivity contribution in [2.24, 2.45) is 0 Å². The molecule has 3 aliphatic rings. The zero-order chi connectivity index (χ0) is 12.4. The number of carbonyl (C=O) groups is 1. The molecular weight excluding hydrogens is 226 g/mol. The average molecular weight is 251 g/mol. The van der Waals surface area contributed by atoms with Crippen molar-refractivity contribution in [2.75, 3.05) is 19.6 Å². The smallest absolute Gasteiger partial charge is 0.220 e. The van der Waals surface area contributed by atoms with Gasteiger partial charge in [-0.15, -0.1) is 0 Å². The van der Waals surface area contributed by atoms with Crippen molar-refractivity contribution in [3.63, 3.8) is 0 Å². The normalized spacial score (nSPS) is 32.9. The second kappa shape index (κ2) is 5.57. The zero-order valence-electron chi connectivity index (χ0n) is 11.2. The van der Waals surface area contributed by atoms with Gasteiger partial charge in [0.15, 0.2) is 0 Å². The summed E-state index contributed by atoms with van der Waals surface area (Å²) in [5.74, 6) is 0.256. The number of amides is 1. The summed E-state index contributed by atoms with van der Waals surface area (Å²) in [6, 6.07) is 1.84. The molecule has 2 saturated heterocycles. The second-order valence-electron chi connectivity index (χ2n) is 6.11. The SMILES string of the molecule is O=C(CCC1CCCN1)NC1CCN(C2CC2)C1. The molecular formula is C14H25N3O. The molecule has 1 amide bonds. The molecule has 0 aromatic carbocycles. The van der Waals surface area contributed by atoms with Crippen molar-refractivity contribution in [1.82, 2.24) is 15.5 Å². The van der Waals surface area contributed by atoms with Gasteiger partial charge in [0.2, 0.25) is 5.91 Å². The zero-order valence-corrected chi connectivity index (χ0v) is 11.2. The molecule has 2 aliphatic heterocycles. The fraction of sp³-hybridized carbons (Fsp3) is 0.929. The highest BCUT2D eigenvalue weighted by atomic mass is 16.1. The predicted molar refractivity (Wildman–Crippen MR) is 71.4 cm³/mol. The molecule has 1 saturated carbocycles. The minimum Gasteiger partial charge on any atom is -0.352 e. The Morgan fingerprint density at radius 1 is 1.28 bits per heavy atom. The standard InChI is InChI=1S/C14H25N3O/c18-14(6-3-11-2-1-8-15-11)16-12-7-9-17(10-12)13-4-5-13/h11-13,15H,1-10H2,(H,16,18). The van der Waals surface area contributed by atoms with Crippen LogP contribution in [0.15, 0.2) is 0 Å². The Balaban J connectivity index is 1.33. The predicted octanol–water partition coefficient (Wildman–Crippen LogP) is 0.872. The lowest BCUT2D eigenvalue weighted by atomic mass is 10.1. The Morgan fingerprint density at radius 3 is 2.89 bits per heavy atom. The van der Waals surface area contributed by atoms with Crippen LogP contribution in [-0.4, -0.2) is 48.6 Å². The first kappa shape index (κ1) is 12.4. The molecule has 18 heavy (non-hydrogen) atoms. The van der Waals surface area contributed by atoms with Gasteiger partial charge in [0, 0.05) is 37.6 Å². The van der Waals surface area contributed by atoms with Crippen molar-refractivity contribution in [2.45, 2.75) is 63.1 Å². The summed E-state index contributed by atoms with van der Waals surface area (Å²) in [5.41, 5.74) is 0. The maximum absolute atomic E-state index is 11.9. The van der Waals surface area contributed by atoms with Crippen LogP contribution in [0.5, 0.6) is 0 Å². The van der Waals surface area contributed by atoms with E-state index in [2.05, 4.69) is 15.5 Å². The molecule has 4 nitrogen and oxygen atoms in total. The molecule has 3 rings (SSSR count). The summed E-state index contributed by atoms with van der Waals surface area (Å²) in [7, 11) is 0. The molecule has 0 spiro atoms. The minimum atomic E-state index is 0.256. The first-order valence-electron chi connectivity index (χ1n) is 7.58. The van der Waals surface area contributed by atoms with Gasteiger partial charge in [-0.05, 0) is 45.1 Å². The number of rotatable bonds is 5. The van der Waals surface area contributed by atoms with E-state index in [0.29, 0.717) is 18.5 Å². The number of hydrogen-bond donors (Lipinski definition) is 2. The molecule has 3 fully saturated rings. The van der Waals surface area contributed by atoms with Crippen LogP contribution in [0.2, 0.25) is 0 Å². The highest BCUT2D eigenvalue weighted by molar-refractivity contribution is 5.76. The van der Waals surface area contributed by atoms with Gasteiger partial charge in [-0.25, -0.2) is 0 Å². The van der Waals surface area contributed by atoms with Crippen molar-refractivity contribution in [1.29, 1.82) is 0 Å². The Morgan fingerprint density at radius 2 is 2.17 bits per heavy atom. The van der Waals surface area contributed by atoms with Crippen LogP contribution < -0.4 is 10.6 Å². The topological polar surface area (TPSA) is 44.4 Å². The monoisotopic (exact) mass is 251 g/mol. The molecule has 0 bridgehead atoms. The molecule has 2 atom stereocenters. The lowest BCUT2D eigenvalue weighted by Gasteiger charge is -2.16. The van der Waals surface area contributed by atoms with E-state index in [0.717, 1.165) is 32.0 Å². The van der Waals surface area contributed by atoms with Crippen LogP contribution in [0, 0.1) is 0 Å². The van der Waals surface area contributed by atoms with Crippen molar-refractivity contribution in [3.8, 4) is 0 Å². The fourth-order valence-corrected chi connectivity index (χ4v) is 3.28. The minimum absolute atomic E-state index is 0.256. The Hall–Kier alpha value is -0.610. The molecule has 4 heteroatoms. The third-order valence-electron chi connectivity index (χ3n) is 4.53. The highest BCUT2D eigenvalue weighted by Crippen LogP contribution is 2.29. The number of nitrogens with zero attached hydrogens (tertiary/aromatic N) is 1. The highest BCUT2D eigenvalue weighted by Gasteiger charge is 2.34. The van der Waals surface area contributed by atoms with Gasteiger partial charge in [-0.3, -0.25) is 9.69 Å². The molecule has 1 aliphatic carbocycles. The fourth-order valence-electron chi connectivity index (χ4n) is 3.28. The molecule has 0 aromatic rings. The van der Waals surface area contributed by atoms with Crippen LogP contribution in [0.25, 0.3) is 0 Å². The van der Waals surface area contributed by atoms with Gasteiger partial charge < -0.3 is 10.6 Å². The van der Waals surface area contributed by atoms with Gasteiger partial charge in [0.1, 0.15) is 0 Å². The lowest BCUT2D eigenvalue weighted by molar-refractivity contribution is -0.121. The Kier molecular flexibility index (Phi) is 3.85. The summed E-state index contributed by atoms with van der Waals surface area (Å²) in [6.07, 6.45) is 8.09. The first-order valence-corrected chi connectivity index (χ1v) is 7.58. The number of likely N-dealkylation sites (tertiary alicyclic amines) is 1. The molecule has 0 aromatic heterocycles. The van der Waals surface area contributed by atoms with E-state index in [4.69, 9.17) is 0 Å². The van der Waals surface area contributed by atoms with E-state index in [9.17, 15) is 4.79 Å². The second-order valence-corrected chi connectivity index (χ2v) is 6.11. The lowest BCUT2D eigenvalue weighted by Crippen LogP contribution is -2.38. The van der Waals surface area contributed by atoms with Gasteiger partial charge in [-0.1, -0.05) is 0 Å². The van der Waals surface area contributed by atoms with Crippen molar-refractivity contribution < 1.29 is 4.79 Å². The quantitative estimate of drug-likeness (QED) is 0.762. The van der Waals surface area contributed by atoms with Crippen LogP contribution in [0.3, 0.4) is 0 Å². The molecule has 0 radical (unpaired) electrons. The maximum Gasteiger partial charge on any atom is 0.220 e. The number of nitrogens with one attached hydrogen (secondary N) is 2. The van der Waals surface area contributed by atoms with E-state index in [1.165, 1.54) is 32.2 Å². The van der Waals surface area contributed by atoms with E-state index < -0.39 is 0 Å². The summed E-state index contributed by atoms with van der Waals surface area (Å²) in [6.45, 7) is 3.39. The van der Waals surface area contributed by atoms with Gasteiger partial charge in [0.05, 0.1) is 0 Å². The van der Waals surface area contributed by atoms with E-state index in [1.54, 1.807) is 0 Å². The summed E-state index contributed by atoms with van der Waals surface area (Å²) in [5, 5.41) is 6.65. The number of hydrogen-bond acceptors (Lipinski definition) is 3. The summed E-state index contributed by atoms with van der Waals surface area (Å²) in [4.78, 5) is 14.4. The van der Waals surface area contributed by atoms with E-state index in [-0.39, 0.29) is 5.91 Å². The summed E-state index contributed by atoms with van der Waals surface area (Å²) >= 11 is 0.